The number of carbonyl (C=O) groups excluding carboxylic acids is 1. The van der Waals surface area contributed by atoms with Crippen LogP contribution >= 0.6 is 0 Å². The van der Waals surface area contributed by atoms with Crippen LogP contribution in [0.25, 0.3) is 0 Å². The van der Waals surface area contributed by atoms with Crippen LogP contribution < -0.4 is 0 Å². The Bertz CT molecular complexity index is 375. The Morgan fingerprint density at radius 2 is 1.55 bits per heavy atom. The van der Waals surface area contributed by atoms with Crippen LogP contribution in [0.1, 0.15) is 57.8 Å². The number of unbranched alkanes of at least 4 members (excludes halogenated alkanes) is 3. The van der Waals surface area contributed by atoms with E-state index in [0.717, 1.165) is 12.8 Å². The Labute approximate surface area is 131 Å². The lowest BCUT2D eigenvalue weighted by Gasteiger charge is -2.12. The Kier molecular flexibility index (Phi) is 11.8. The van der Waals surface area contributed by atoms with Crippen LogP contribution in [0, 0.1) is 5.92 Å². The summed E-state index contributed by atoms with van der Waals surface area (Å²) < 4.78 is 4.76. The van der Waals surface area contributed by atoms with E-state index in [0.29, 0.717) is 32.1 Å². The zero-order valence-corrected chi connectivity index (χ0v) is 13.1. The van der Waals surface area contributed by atoms with Crippen molar-refractivity contribution in [2.75, 3.05) is 7.11 Å². The minimum Gasteiger partial charge on any atom is -0.481 e. The highest BCUT2D eigenvalue weighted by molar-refractivity contribution is 5.72. The second kappa shape index (κ2) is 12.9. The number of carboxylic acids is 2. The summed E-state index contributed by atoms with van der Waals surface area (Å²) in [5.74, 6) is -2.12. The van der Waals surface area contributed by atoms with Crippen LogP contribution in [0.15, 0.2) is 12.2 Å². The highest BCUT2D eigenvalue weighted by atomic mass is 16.5. The van der Waals surface area contributed by atoms with Gasteiger partial charge in [0.05, 0.1) is 13.0 Å². The third kappa shape index (κ3) is 11.9. The summed E-state index contributed by atoms with van der Waals surface area (Å²) in [6, 6.07) is 0. The first kappa shape index (κ1) is 20.1. The SMILES string of the molecule is COC(=O)C(CC=CCCCCC(=O)O)CCCCC(=O)O. The van der Waals surface area contributed by atoms with Crippen LogP contribution in [0.3, 0.4) is 0 Å². The molecule has 6 heteroatoms. The molecule has 0 aliphatic carbocycles. The molecule has 0 amide bonds. The van der Waals surface area contributed by atoms with Crippen LogP contribution in [0.5, 0.6) is 0 Å². The van der Waals surface area contributed by atoms with Crippen LogP contribution in [0.4, 0.5) is 0 Å². The van der Waals surface area contributed by atoms with Gasteiger partial charge in [-0.05, 0) is 38.5 Å². The van der Waals surface area contributed by atoms with Gasteiger partial charge < -0.3 is 14.9 Å². The Balaban J connectivity index is 3.95. The first-order chi connectivity index (χ1) is 10.5. The minimum absolute atomic E-state index is 0.118. The monoisotopic (exact) mass is 314 g/mol. The van der Waals surface area contributed by atoms with Crippen molar-refractivity contribution in [1.29, 1.82) is 0 Å². The van der Waals surface area contributed by atoms with E-state index in [-0.39, 0.29) is 24.7 Å². The average Bonchev–Trinajstić information content (AvgIpc) is 2.46. The molecule has 0 aliphatic heterocycles. The highest BCUT2D eigenvalue weighted by Gasteiger charge is 2.17. The van der Waals surface area contributed by atoms with E-state index in [1.165, 1.54) is 7.11 Å². The molecule has 0 fully saturated rings. The predicted octanol–water partition coefficient (Wildman–Crippen LogP) is 3.01. The number of esters is 1. The number of aliphatic carboxylic acids is 2. The van der Waals surface area contributed by atoms with Crippen molar-refractivity contribution < 1.29 is 29.3 Å². The molecular weight excluding hydrogens is 288 g/mol. The maximum absolute atomic E-state index is 11.6. The third-order valence-corrected chi connectivity index (χ3v) is 3.33. The maximum atomic E-state index is 11.6. The molecule has 2 N–H and O–H groups in total. The molecule has 0 aromatic carbocycles. The number of ether oxygens (including phenoxy) is 1. The van der Waals surface area contributed by atoms with E-state index in [4.69, 9.17) is 14.9 Å². The van der Waals surface area contributed by atoms with Gasteiger partial charge in [0.15, 0.2) is 0 Å². The van der Waals surface area contributed by atoms with Crippen LogP contribution in [0.2, 0.25) is 0 Å². The zero-order valence-electron chi connectivity index (χ0n) is 13.1. The van der Waals surface area contributed by atoms with E-state index in [1.54, 1.807) is 0 Å². The standard InChI is InChI=1S/C16H26O6/c1-22-16(21)13(10-7-8-12-15(19)20)9-5-3-2-4-6-11-14(17)18/h3,5,13H,2,4,6-12H2,1H3,(H,17,18)(H,19,20). The van der Waals surface area contributed by atoms with Gasteiger partial charge >= 0.3 is 17.9 Å². The predicted molar refractivity (Wildman–Crippen MR) is 81.5 cm³/mol. The quantitative estimate of drug-likeness (QED) is 0.308. The first-order valence-corrected chi connectivity index (χ1v) is 7.63. The molecule has 0 saturated carbocycles. The van der Waals surface area contributed by atoms with E-state index in [2.05, 4.69) is 0 Å². The van der Waals surface area contributed by atoms with Crippen molar-refractivity contribution in [3.05, 3.63) is 12.2 Å². The number of rotatable bonds is 13. The third-order valence-electron chi connectivity index (χ3n) is 3.33. The molecule has 6 nitrogen and oxygen atoms in total. The van der Waals surface area contributed by atoms with E-state index < -0.39 is 11.9 Å². The van der Waals surface area contributed by atoms with Crippen molar-refractivity contribution >= 4 is 17.9 Å². The number of hydrogen-bond acceptors (Lipinski definition) is 4. The average molecular weight is 314 g/mol. The molecule has 1 unspecified atom stereocenters. The fraction of sp³-hybridized carbons (Fsp3) is 0.688. The summed E-state index contributed by atoms with van der Waals surface area (Å²) >= 11 is 0. The van der Waals surface area contributed by atoms with Gasteiger partial charge in [-0.2, -0.15) is 0 Å². The van der Waals surface area contributed by atoms with Gasteiger partial charge in [0, 0.05) is 12.8 Å². The Morgan fingerprint density at radius 1 is 0.955 bits per heavy atom. The Morgan fingerprint density at radius 3 is 2.09 bits per heavy atom. The fourth-order valence-electron chi connectivity index (χ4n) is 2.08. The normalized spacial score (nSPS) is 12.2. The number of carboxylic acid groups (broad SMARTS) is 2. The lowest BCUT2D eigenvalue weighted by molar-refractivity contribution is -0.145. The van der Waals surface area contributed by atoms with Gasteiger partial charge in [-0.25, -0.2) is 0 Å². The number of hydrogen-bond donors (Lipinski definition) is 2. The number of carbonyl (C=O) groups is 3. The second-order valence-electron chi connectivity index (χ2n) is 5.21. The van der Waals surface area contributed by atoms with Gasteiger partial charge in [0.2, 0.25) is 0 Å². The van der Waals surface area contributed by atoms with Crippen molar-refractivity contribution in [2.45, 2.75) is 57.8 Å². The molecule has 0 saturated heterocycles. The molecule has 1 atom stereocenters. The molecule has 0 aromatic heterocycles. The van der Waals surface area contributed by atoms with Gasteiger partial charge in [0.25, 0.3) is 0 Å². The minimum atomic E-state index is -0.823. The molecule has 0 spiro atoms. The molecule has 0 heterocycles. The molecule has 0 rings (SSSR count). The van der Waals surface area contributed by atoms with Crippen molar-refractivity contribution in [3.8, 4) is 0 Å². The van der Waals surface area contributed by atoms with Crippen molar-refractivity contribution in [1.82, 2.24) is 0 Å². The van der Waals surface area contributed by atoms with Gasteiger partial charge in [-0.15, -0.1) is 0 Å². The van der Waals surface area contributed by atoms with Gasteiger partial charge in [0.1, 0.15) is 0 Å². The smallest absolute Gasteiger partial charge is 0.308 e. The van der Waals surface area contributed by atoms with Gasteiger partial charge in [-0.1, -0.05) is 18.6 Å². The summed E-state index contributed by atoms with van der Waals surface area (Å²) in [5.41, 5.74) is 0. The van der Waals surface area contributed by atoms with E-state index in [1.807, 2.05) is 12.2 Å². The van der Waals surface area contributed by atoms with Crippen molar-refractivity contribution in [3.63, 3.8) is 0 Å². The summed E-state index contributed by atoms with van der Waals surface area (Å²) in [5, 5.41) is 17.1. The fourth-order valence-corrected chi connectivity index (χ4v) is 2.08. The second-order valence-corrected chi connectivity index (χ2v) is 5.21. The van der Waals surface area contributed by atoms with Crippen LogP contribution in [-0.4, -0.2) is 35.2 Å². The maximum Gasteiger partial charge on any atom is 0.308 e. The number of methoxy groups -OCH3 is 1. The highest BCUT2D eigenvalue weighted by Crippen LogP contribution is 2.16. The van der Waals surface area contributed by atoms with E-state index >= 15 is 0 Å². The molecule has 22 heavy (non-hydrogen) atoms. The molecule has 0 bridgehead atoms. The summed E-state index contributed by atoms with van der Waals surface area (Å²) in [4.78, 5) is 32.4. The van der Waals surface area contributed by atoms with Gasteiger partial charge in [-0.3, -0.25) is 14.4 Å². The molecule has 0 aromatic rings. The summed E-state index contributed by atoms with van der Waals surface area (Å²) in [6.45, 7) is 0. The van der Waals surface area contributed by atoms with E-state index in [9.17, 15) is 14.4 Å². The first-order valence-electron chi connectivity index (χ1n) is 7.63. The molecular formula is C16H26O6. The Hall–Kier alpha value is -1.85. The topological polar surface area (TPSA) is 101 Å². The lowest BCUT2D eigenvalue weighted by atomic mass is 9.97. The summed E-state index contributed by atoms with van der Waals surface area (Å²) in [6.07, 6.45) is 8.84. The zero-order chi connectivity index (χ0) is 16.8. The molecule has 0 aliphatic rings. The number of allylic oxidation sites excluding steroid dienone is 2. The lowest BCUT2D eigenvalue weighted by Crippen LogP contribution is -2.15. The summed E-state index contributed by atoms with van der Waals surface area (Å²) in [7, 11) is 1.35. The largest absolute Gasteiger partial charge is 0.481 e. The molecule has 0 radical (unpaired) electrons. The van der Waals surface area contributed by atoms with Crippen LogP contribution in [-0.2, 0) is 19.1 Å². The van der Waals surface area contributed by atoms with Crippen molar-refractivity contribution in [2.24, 2.45) is 5.92 Å². The molecule has 126 valence electrons.